The van der Waals surface area contributed by atoms with E-state index in [1.807, 2.05) is 38.1 Å². The van der Waals surface area contributed by atoms with Crippen LogP contribution < -0.4 is 9.44 Å². The van der Waals surface area contributed by atoms with Gasteiger partial charge in [0.1, 0.15) is 0 Å². The van der Waals surface area contributed by atoms with Crippen molar-refractivity contribution in [2.75, 3.05) is 11.3 Å². The molecule has 0 aliphatic carbocycles. The predicted octanol–water partition coefficient (Wildman–Crippen LogP) is 6.37. The molecular weight excluding hydrogens is 422 g/mol. The SMILES string of the molecule is CC(C)NSNc1ccc(-c2csc(-c3ccnc(C(C)(C)CO)c3)c2)c(Cl)c1. The highest BCUT2D eigenvalue weighted by molar-refractivity contribution is 7.98. The number of hydrogen-bond acceptors (Lipinski definition) is 6. The zero-order valence-electron chi connectivity index (χ0n) is 17.0. The molecule has 2 heterocycles. The fourth-order valence-corrected chi connectivity index (χ4v) is 4.42. The third-order valence-corrected chi connectivity index (χ3v) is 6.70. The second kappa shape index (κ2) is 9.49. The van der Waals surface area contributed by atoms with Crippen LogP contribution in [-0.2, 0) is 5.41 Å². The lowest BCUT2D eigenvalue weighted by Gasteiger charge is -2.21. The average Bonchev–Trinajstić information content (AvgIpc) is 3.18. The van der Waals surface area contributed by atoms with Crippen molar-refractivity contribution in [1.82, 2.24) is 9.71 Å². The number of pyridine rings is 1. The first-order valence-electron chi connectivity index (χ1n) is 9.44. The monoisotopic (exact) mass is 447 g/mol. The zero-order valence-corrected chi connectivity index (χ0v) is 19.4. The Hall–Kier alpha value is -1.57. The van der Waals surface area contributed by atoms with Crippen molar-refractivity contribution in [3.63, 3.8) is 0 Å². The first kappa shape index (κ1) is 22.1. The molecule has 7 heteroatoms. The van der Waals surface area contributed by atoms with Gasteiger partial charge >= 0.3 is 0 Å². The minimum absolute atomic E-state index is 0.0557. The summed E-state index contributed by atoms with van der Waals surface area (Å²) in [4.78, 5) is 5.59. The summed E-state index contributed by atoms with van der Waals surface area (Å²) >= 11 is 9.69. The third kappa shape index (κ3) is 5.53. The zero-order chi connectivity index (χ0) is 21.0. The first-order valence-corrected chi connectivity index (χ1v) is 11.5. The highest BCUT2D eigenvalue weighted by atomic mass is 35.5. The van der Waals surface area contributed by atoms with Crippen molar-refractivity contribution in [2.24, 2.45) is 0 Å². The fraction of sp³-hybridized carbons (Fsp3) is 0.318. The minimum atomic E-state index is -0.370. The van der Waals surface area contributed by atoms with Crippen LogP contribution in [0, 0.1) is 0 Å². The topological polar surface area (TPSA) is 57.2 Å². The Kier molecular flexibility index (Phi) is 7.24. The number of nitrogens with one attached hydrogen (secondary N) is 2. The van der Waals surface area contributed by atoms with Gasteiger partial charge in [-0.2, -0.15) is 0 Å². The van der Waals surface area contributed by atoms with Crippen molar-refractivity contribution in [2.45, 2.75) is 39.2 Å². The van der Waals surface area contributed by atoms with Crippen molar-refractivity contribution in [3.8, 4) is 21.6 Å². The van der Waals surface area contributed by atoms with Gasteiger partial charge in [0.05, 0.1) is 11.6 Å². The van der Waals surface area contributed by atoms with Crippen LogP contribution in [0.2, 0.25) is 5.02 Å². The summed E-state index contributed by atoms with van der Waals surface area (Å²) < 4.78 is 6.49. The van der Waals surface area contributed by atoms with Crippen LogP contribution in [0.25, 0.3) is 21.6 Å². The van der Waals surface area contributed by atoms with E-state index in [9.17, 15) is 5.11 Å². The molecule has 0 atom stereocenters. The average molecular weight is 448 g/mol. The lowest BCUT2D eigenvalue weighted by atomic mass is 9.89. The second-order valence-electron chi connectivity index (χ2n) is 7.84. The molecule has 0 bridgehead atoms. The summed E-state index contributed by atoms with van der Waals surface area (Å²) in [5.74, 6) is 0. The summed E-state index contributed by atoms with van der Waals surface area (Å²) in [6.45, 7) is 8.22. The molecule has 0 amide bonds. The van der Waals surface area contributed by atoms with E-state index < -0.39 is 0 Å². The molecule has 0 aliphatic rings. The van der Waals surface area contributed by atoms with Gasteiger partial charge < -0.3 is 9.83 Å². The summed E-state index contributed by atoms with van der Waals surface area (Å²) in [5.41, 5.74) is 4.66. The van der Waals surface area contributed by atoms with E-state index in [2.05, 4.69) is 45.8 Å². The van der Waals surface area contributed by atoms with Crippen molar-refractivity contribution < 1.29 is 5.11 Å². The molecule has 0 saturated carbocycles. The molecular formula is C22H26ClN3OS2. The summed E-state index contributed by atoms with van der Waals surface area (Å²) in [6.07, 6.45) is 1.80. The molecule has 154 valence electrons. The van der Waals surface area contributed by atoms with Crippen LogP contribution in [0.1, 0.15) is 33.4 Å². The second-order valence-corrected chi connectivity index (χ2v) is 9.81. The van der Waals surface area contributed by atoms with E-state index in [1.54, 1.807) is 17.5 Å². The molecule has 0 saturated heterocycles. The van der Waals surface area contributed by atoms with Gasteiger partial charge in [0.25, 0.3) is 0 Å². The standard InChI is InChI=1S/C22H26ClN3OS2/c1-14(2)25-29-26-17-5-6-18(19(23)11-17)16-9-20(28-12-16)15-7-8-24-21(10-15)22(3,4)13-27/h5-12,14,25-27H,13H2,1-4H3. The first-order chi connectivity index (χ1) is 13.8. The van der Waals surface area contributed by atoms with Gasteiger partial charge in [-0.15, -0.1) is 11.3 Å². The number of aliphatic hydroxyl groups is 1. The Labute approximate surface area is 186 Å². The van der Waals surface area contributed by atoms with E-state index in [4.69, 9.17) is 11.6 Å². The Morgan fingerprint density at radius 3 is 2.66 bits per heavy atom. The van der Waals surface area contributed by atoms with Gasteiger partial charge in [-0.3, -0.25) is 4.98 Å². The normalized spacial score (nSPS) is 11.8. The van der Waals surface area contributed by atoms with Crippen molar-refractivity contribution >= 4 is 40.8 Å². The maximum absolute atomic E-state index is 9.63. The van der Waals surface area contributed by atoms with Gasteiger partial charge in [0.15, 0.2) is 0 Å². The molecule has 1 aromatic carbocycles. The van der Waals surface area contributed by atoms with Gasteiger partial charge in [0.2, 0.25) is 0 Å². The van der Waals surface area contributed by atoms with Crippen LogP contribution in [0.5, 0.6) is 0 Å². The number of halogens is 1. The quantitative estimate of drug-likeness (QED) is 0.350. The Balaban J connectivity index is 1.81. The maximum Gasteiger partial charge on any atom is 0.0537 e. The number of aromatic nitrogens is 1. The molecule has 3 N–H and O–H groups in total. The predicted molar refractivity (Wildman–Crippen MR) is 128 cm³/mol. The highest BCUT2D eigenvalue weighted by Crippen LogP contribution is 2.37. The number of anilines is 1. The Morgan fingerprint density at radius 2 is 1.97 bits per heavy atom. The molecule has 2 aromatic heterocycles. The van der Waals surface area contributed by atoms with Gasteiger partial charge in [-0.1, -0.05) is 31.5 Å². The number of benzene rings is 1. The van der Waals surface area contributed by atoms with Gasteiger partial charge in [-0.25, -0.2) is 4.72 Å². The lowest BCUT2D eigenvalue weighted by Crippen LogP contribution is -2.23. The van der Waals surface area contributed by atoms with Crippen LogP contribution in [0.3, 0.4) is 0 Å². The maximum atomic E-state index is 9.63. The molecule has 0 aliphatic heterocycles. The molecule has 0 unspecified atom stereocenters. The molecule has 0 fully saturated rings. The van der Waals surface area contributed by atoms with E-state index >= 15 is 0 Å². The van der Waals surface area contributed by atoms with Crippen LogP contribution in [0.4, 0.5) is 5.69 Å². The van der Waals surface area contributed by atoms with Gasteiger partial charge in [-0.05, 0) is 60.7 Å². The van der Waals surface area contributed by atoms with Gasteiger partial charge in [0, 0.05) is 51.6 Å². The van der Waals surface area contributed by atoms with E-state index in [-0.39, 0.29) is 12.0 Å². The number of hydrogen-bond donors (Lipinski definition) is 3. The van der Waals surface area contributed by atoms with Crippen molar-refractivity contribution in [3.05, 3.63) is 58.7 Å². The van der Waals surface area contributed by atoms with E-state index in [1.165, 1.54) is 12.1 Å². The number of thiophene rings is 1. The third-order valence-electron chi connectivity index (χ3n) is 4.48. The van der Waals surface area contributed by atoms with Crippen LogP contribution in [0.15, 0.2) is 48.0 Å². The summed E-state index contributed by atoms with van der Waals surface area (Å²) in [6, 6.07) is 12.6. The number of rotatable bonds is 8. The highest BCUT2D eigenvalue weighted by Gasteiger charge is 2.21. The van der Waals surface area contributed by atoms with Crippen molar-refractivity contribution in [1.29, 1.82) is 0 Å². The molecule has 4 nitrogen and oxygen atoms in total. The lowest BCUT2D eigenvalue weighted by molar-refractivity contribution is 0.215. The van der Waals surface area contributed by atoms with E-state index in [0.717, 1.165) is 32.9 Å². The Morgan fingerprint density at radius 1 is 1.17 bits per heavy atom. The molecule has 3 aromatic rings. The smallest absolute Gasteiger partial charge is 0.0537 e. The minimum Gasteiger partial charge on any atom is -0.395 e. The largest absolute Gasteiger partial charge is 0.395 e. The number of aliphatic hydroxyl groups excluding tert-OH is 1. The summed E-state index contributed by atoms with van der Waals surface area (Å²) in [5, 5.41) is 12.5. The van der Waals surface area contributed by atoms with Crippen LogP contribution >= 0.6 is 35.1 Å². The van der Waals surface area contributed by atoms with Crippen LogP contribution in [-0.4, -0.2) is 22.7 Å². The summed E-state index contributed by atoms with van der Waals surface area (Å²) in [7, 11) is 0. The van der Waals surface area contributed by atoms with E-state index in [0.29, 0.717) is 11.1 Å². The number of nitrogens with zero attached hydrogens (tertiary/aromatic N) is 1. The molecule has 3 rings (SSSR count). The molecule has 29 heavy (non-hydrogen) atoms. The molecule has 0 spiro atoms. The molecule has 0 radical (unpaired) electrons. The fourth-order valence-electron chi connectivity index (χ4n) is 2.68. The Bertz CT molecular complexity index is 972.